The maximum atomic E-state index is 12.4. The van der Waals surface area contributed by atoms with E-state index in [4.69, 9.17) is 4.74 Å². The number of rotatable bonds is 7. The number of alkyl halides is 3. The van der Waals surface area contributed by atoms with Crippen LogP contribution >= 0.6 is 0 Å². The van der Waals surface area contributed by atoms with Crippen molar-refractivity contribution in [1.29, 1.82) is 0 Å². The Hall–Kier alpha value is -2.69. The number of hydrogen-bond donors (Lipinski definition) is 1. The minimum atomic E-state index is -5.85. The first-order chi connectivity index (χ1) is 12.0. The molecule has 1 aromatic carbocycles. The number of halogens is 3. The summed E-state index contributed by atoms with van der Waals surface area (Å²) in [5.41, 5.74) is -5.18. The highest BCUT2D eigenvalue weighted by atomic mass is 32.2. The molecular weight excluding hydrogens is 379 g/mol. The molecule has 0 aliphatic rings. The number of carboxylic acid groups (broad SMARTS) is 1. The smallest absolute Gasteiger partial charge is 0.493 e. The van der Waals surface area contributed by atoms with Crippen molar-refractivity contribution in [3.8, 4) is 11.5 Å². The molecule has 0 amide bonds. The monoisotopic (exact) mass is 393 g/mol. The van der Waals surface area contributed by atoms with Gasteiger partial charge in [-0.25, -0.2) is 4.79 Å². The van der Waals surface area contributed by atoms with Gasteiger partial charge in [-0.3, -0.25) is 0 Å². The molecule has 1 unspecified atom stereocenters. The Morgan fingerprint density at radius 2 is 1.85 bits per heavy atom. The fraction of sp³-hybridized carbons (Fsp3) is 0.267. The average molecular weight is 393 g/mol. The Labute approximate surface area is 146 Å². The minimum Gasteiger partial charge on any atom is -0.493 e. The van der Waals surface area contributed by atoms with Crippen LogP contribution in [0.3, 0.4) is 0 Å². The van der Waals surface area contributed by atoms with E-state index in [1.807, 2.05) is 0 Å². The number of ether oxygens (including phenoxy) is 1. The summed E-state index contributed by atoms with van der Waals surface area (Å²) in [5.74, 6) is -2.03. The van der Waals surface area contributed by atoms with Crippen molar-refractivity contribution in [2.45, 2.75) is 18.0 Å². The van der Waals surface area contributed by atoms with Gasteiger partial charge in [0.05, 0.1) is 7.11 Å². The average Bonchev–Trinajstić information content (AvgIpc) is 3.06. The van der Waals surface area contributed by atoms with E-state index in [-0.39, 0.29) is 12.2 Å². The lowest BCUT2D eigenvalue weighted by Gasteiger charge is -2.16. The SMILES string of the molecule is COc1cc(CC(C(=O)O)n2cccc2)ccc1OS(=O)(=O)C(F)(F)F. The normalized spacial score (nSPS) is 13.2. The van der Waals surface area contributed by atoms with E-state index in [1.54, 1.807) is 24.5 Å². The Balaban J connectivity index is 2.30. The van der Waals surface area contributed by atoms with Gasteiger partial charge in [0.1, 0.15) is 6.04 Å². The van der Waals surface area contributed by atoms with E-state index in [9.17, 15) is 31.5 Å². The summed E-state index contributed by atoms with van der Waals surface area (Å²) in [4.78, 5) is 11.4. The molecule has 7 nitrogen and oxygen atoms in total. The van der Waals surface area contributed by atoms with Gasteiger partial charge in [-0.2, -0.15) is 21.6 Å². The van der Waals surface area contributed by atoms with Crippen molar-refractivity contribution in [3.63, 3.8) is 0 Å². The van der Waals surface area contributed by atoms with Crippen LogP contribution in [0.1, 0.15) is 11.6 Å². The molecule has 26 heavy (non-hydrogen) atoms. The molecule has 0 bridgehead atoms. The number of aliphatic carboxylic acids is 1. The van der Waals surface area contributed by atoms with Crippen molar-refractivity contribution < 1.29 is 40.4 Å². The van der Waals surface area contributed by atoms with Crippen molar-refractivity contribution in [1.82, 2.24) is 4.57 Å². The third-order valence-electron chi connectivity index (χ3n) is 3.41. The maximum Gasteiger partial charge on any atom is 0.534 e. The van der Waals surface area contributed by atoms with E-state index in [0.717, 1.165) is 13.2 Å². The van der Waals surface area contributed by atoms with Crippen LogP contribution in [0.25, 0.3) is 0 Å². The van der Waals surface area contributed by atoms with Gasteiger partial charge in [-0.1, -0.05) is 6.07 Å². The molecule has 142 valence electrons. The summed E-state index contributed by atoms with van der Waals surface area (Å²) in [6.07, 6.45) is 3.11. The number of benzene rings is 1. The van der Waals surface area contributed by atoms with Gasteiger partial charge in [0.25, 0.3) is 0 Å². The molecule has 1 heterocycles. The molecule has 0 aliphatic carbocycles. The second-order valence-electron chi connectivity index (χ2n) is 5.16. The predicted octanol–water partition coefficient (Wildman–Crippen LogP) is 2.59. The first-order valence-corrected chi connectivity index (χ1v) is 8.49. The fourth-order valence-electron chi connectivity index (χ4n) is 2.17. The quantitative estimate of drug-likeness (QED) is 0.574. The predicted molar refractivity (Wildman–Crippen MR) is 83.4 cm³/mol. The van der Waals surface area contributed by atoms with E-state index in [0.29, 0.717) is 5.56 Å². The zero-order chi connectivity index (χ0) is 19.5. The number of carboxylic acids is 1. The zero-order valence-electron chi connectivity index (χ0n) is 13.3. The topological polar surface area (TPSA) is 94.8 Å². The Kier molecular flexibility index (Phi) is 5.50. The minimum absolute atomic E-state index is 0.00727. The summed E-state index contributed by atoms with van der Waals surface area (Å²) in [7, 11) is -4.73. The van der Waals surface area contributed by atoms with Gasteiger partial charge >= 0.3 is 21.6 Å². The van der Waals surface area contributed by atoms with Gasteiger partial charge in [-0.05, 0) is 29.8 Å². The lowest BCUT2D eigenvalue weighted by molar-refractivity contribution is -0.140. The van der Waals surface area contributed by atoms with Gasteiger partial charge in [0.2, 0.25) is 0 Å². The lowest BCUT2D eigenvalue weighted by Crippen LogP contribution is -2.28. The van der Waals surface area contributed by atoms with Crippen LogP contribution < -0.4 is 8.92 Å². The molecule has 11 heteroatoms. The van der Waals surface area contributed by atoms with Crippen LogP contribution in [0, 0.1) is 0 Å². The maximum absolute atomic E-state index is 12.4. The second kappa shape index (κ2) is 7.28. The van der Waals surface area contributed by atoms with E-state index < -0.39 is 33.4 Å². The van der Waals surface area contributed by atoms with Crippen LogP contribution in [0.2, 0.25) is 0 Å². The zero-order valence-corrected chi connectivity index (χ0v) is 14.1. The highest BCUT2D eigenvalue weighted by Crippen LogP contribution is 2.34. The van der Waals surface area contributed by atoms with Crippen molar-refractivity contribution >= 4 is 16.1 Å². The summed E-state index contributed by atoms with van der Waals surface area (Å²) >= 11 is 0. The van der Waals surface area contributed by atoms with Crippen LogP contribution in [0.15, 0.2) is 42.7 Å². The van der Waals surface area contributed by atoms with E-state index in [1.165, 1.54) is 16.7 Å². The summed E-state index contributed by atoms with van der Waals surface area (Å²) in [6.45, 7) is 0. The molecule has 0 aliphatic heterocycles. The summed E-state index contributed by atoms with van der Waals surface area (Å²) in [6, 6.07) is 5.81. The standard InChI is InChI=1S/C15H14F3NO6S/c1-24-13-9-10(8-11(14(20)21)19-6-2-3-7-19)4-5-12(13)25-26(22,23)15(16,17)18/h2-7,9,11H,8H2,1H3,(H,20,21). The highest BCUT2D eigenvalue weighted by Gasteiger charge is 2.49. The van der Waals surface area contributed by atoms with Crippen molar-refractivity contribution in [2.75, 3.05) is 7.11 Å². The molecule has 2 aromatic rings. The largest absolute Gasteiger partial charge is 0.534 e. The van der Waals surface area contributed by atoms with Crippen LogP contribution in [0.4, 0.5) is 13.2 Å². The molecule has 1 aromatic heterocycles. The molecule has 0 radical (unpaired) electrons. The van der Waals surface area contributed by atoms with Crippen molar-refractivity contribution in [2.24, 2.45) is 0 Å². The summed E-state index contributed by atoms with van der Waals surface area (Å²) < 4.78 is 69.9. The highest BCUT2D eigenvalue weighted by molar-refractivity contribution is 7.88. The Morgan fingerprint density at radius 1 is 1.23 bits per heavy atom. The molecule has 2 rings (SSSR count). The number of aromatic nitrogens is 1. The third kappa shape index (κ3) is 4.28. The Morgan fingerprint density at radius 3 is 2.35 bits per heavy atom. The number of carbonyl (C=O) groups is 1. The fourth-order valence-corrected chi connectivity index (χ4v) is 2.64. The van der Waals surface area contributed by atoms with Gasteiger partial charge < -0.3 is 18.6 Å². The number of methoxy groups -OCH3 is 1. The number of hydrogen-bond acceptors (Lipinski definition) is 5. The van der Waals surface area contributed by atoms with Gasteiger partial charge in [0, 0.05) is 18.8 Å². The molecular formula is C15H14F3NO6S. The van der Waals surface area contributed by atoms with Gasteiger partial charge in [-0.15, -0.1) is 0 Å². The molecule has 0 fully saturated rings. The third-order valence-corrected chi connectivity index (χ3v) is 4.38. The molecule has 0 saturated heterocycles. The lowest BCUT2D eigenvalue weighted by atomic mass is 10.1. The first kappa shape index (κ1) is 19.6. The molecule has 1 N–H and O–H groups in total. The van der Waals surface area contributed by atoms with Crippen LogP contribution in [-0.2, 0) is 21.3 Å². The van der Waals surface area contributed by atoms with E-state index >= 15 is 0 Å². The Bertz CT molecular complexity index is 877. The summed E-state index contributed by atoms with van der Waals surface area (Å²) in [5, 5.41) is 9.35. The first-order valence-electron chi connectivity index (χ1n) is 7.08. The van der Waals surface area contributed by atoms with Gasteiger partial charge in [0.15, 0.2) is 11.5 Å². The molecule has 0 spiro atoms. The molecule has 0 saturated carbocycles. The second-order valence-corrected chi connectivity index (χ2v) is 6.69. The number of nitrogens with zero attached hydrogens (tertiary/aromatic N) is 1. The van der Waals surface area contributed by atoms with E-state index in [2.05, 4.69) is 4.18 Å². The molecule has 1 atom stereocenters. The van der Waals surface area contributed by atoms with Crippen LogP contribution in [0.5, 0.6) is 11.5 Å². The van der Waals surface area contributed by atoms with Crippen LogP contribution in [-0.4, -0.2) is 36.7 Å². The van der Waals surface area contributed by atoms with Crippen molar-refractivity contribution in [3.05, 3.63) is 48.3 Å².